The van der Waals surface area contributed by atoms with Crippen LogP contribution in [0.2, 0.25) is 0 Å². The largest absolute Gasteiger partial charge is 0.371 e. The molecule has 0 unspecified atom stereocenters. The Bertz CT molecular complexity index is 285. The zero-order valence-corrected chi connectivity index (χ0v) is 11.6. The minimum atomic E-state index is 0.466. The van der Waals surface area contributed by atoms with Crippen molar-refractivity contribution >= 4 is 5.84 Å². The number of hydrogen-bond donors (Lipinski definition) is 1. The van der Waals surface area contributed by atoms with Gasteiger partial charge in [-0.25, -0.2) is 0 Å². The molecule has 1 N–H and O–H groups in total. The van der Waals surface area contributed by atoms with Crippen LogP contribution in [0.5, 0.6) is 0 Å². The van der Waals surface area contributed by atoms with E-state index in [1.54, 1.807) is 0 Å². The number of aliphatic imine (C=N–C) groups is 1. The Morgan fingerprint density at radius 2 is 1.94 bits per heavy atom. The van der Waals surface area contributed by atoms with Crippen LogP contribution in [-0.2, 0) is 0 Å². The molecule has 2 aliphatic heterocycles. The molecular weight excluding hydrogens is 212 g/mol. The van der Waals surface area contributed by atoms with Gasteiger partial charge in [-0.05, 0) is 27.7 Å². The van der Waals surface area contributed by atoms with Crippen LogP contribution in [0.25, 0.3) is 0 Å². The van der Waals surface area contributed by atoms with E-state index in [4.69, 9.17) is 0 Å². The van der Waals surface area contributed by atoms with Crippen LogP contribution < -0.4 is 5.32 Å². The van der Waals surface area contributed by atoms with E-state index in [0.717, 1.165) is 26.2 Å². The lowest BCUT2D eigenvalue weighted by Crippen LogP contribution is -2.61. The summed E-state index contributed by atoms with van der Waals surface area (Å²) in [5.41, 5.74) is 0. The van der Waals surface area contributed by atoms with E-state index in [2.05, 4.69) is 47.8 Å². The monoisotopic (exact) mass is 238 g/mol. The zero-order valence-electron chi connectivity index (χ0n) is 11.6. The predicted molar refractivity (Wildman–Crippen MR) is 72.6 cm³/mol. The van der Waals surface area contributed by atoms with Gasteiger partial charge in [0, 0.05) is 38.3 Å². The summed E-state index contributed by atoms with van der Waals surface area (Å²) < 4.78 is 0. The maximum atomic E-state index is 4.62. The lowest BCUT2D eigenvalue weighted by Gasteiger charge is -2.44. The lowest BCUT2D eigenvalue weighted by atomic mass is 10.1. The third-order valence-electron chi connectivity index (χ3n) is 3.86. The fraction of sp³-hybridized carbons (Fsp3) is 0.923. The van der Waals surface area contributed by atoms with Gasteiger partial charge >= 0.3 is 0 Å². The molecule has 0 aliphatic carbocycles. The van der Waals surface area contributed by atoms with Crippen molar-refractivity contribution in [1.82, 2.24) is 15.1 Å². The molecule has 2 heterocycles. The van der Waals surface area contributed by atoms with Gasteiger partial charge in [0.1, 0.15) is 5.84 Å². The molecule has 0 saturated carbocycles. The third kappa shape index (κ3) is 2.80. The Morgan fingerprint density at radius 1 is 1.18 bits per heavy atom. The molecule has 0 aromatic heterocycles. The number of piperazine rings is 1. The number of nitrogens with one attached hydrogen (secondary N) is 1. The highest BCUT2D eigenvalue weighted by Crippen LogP contribution is 2.17. The zero-order chi connectivity index (χ0) is 12.4. The van der Waals surface area contributed by atoms with Gasteiger partial charge in [0.25, 0.3) is 0 Å². The first-order valence-corrected chi connectivity index (χ1v) is 6.87. The van der Waals surface area contributed by atoms with Gasteiger partial charge in [-0.2, -0.15) is 0 Å². The van der Waals surface area contributed by atoms with Gasteiger partial charge in [-0.15, -0.1) is 0 Å². The molecule has 0 spiro atoms. The highest BCUT2D eigenvalue weighted by molar-refractivity contribution is 5.89. The lowest BCUT2D eigenvalue weighted by molar-refractivity contribution is 0.0637. The molecule has 1 saturated heterocycles. The van der Waals surface area contributed by atoms with Gasteiger partial charge in [0.15, 0.2) is 0 Å². The van der Waals surface area contributed by atoms with Crippen molar-refractivity contribution in [3.05, 3.63) is 0 Å². The van der Waals surface area contributed by atoms with Gasteiger partial charge in [0.05, 0.1) is 12.6 Å². The van der Waals surface area contributed by atoms with Crippen LogP contribution in [0.1, 0.15) is 27.7 Å². The van der Waals surface area contributed by atoms with Crippen LogP contribution in [0.3, 0.4) is 0 Å². The van der Waals surface area contributed by atoms with Gasteiger partial charge < -0.3 is 5.32 Å². The summed E-state index contributed by atoms with van der Waals surface area (Å²) in [5, 5.41) is 3.45. The van der Waals surface area contributed by atoms with E-state index in [1.807, 2.05) is 0 Å². The first-order chi connectivity index (χ1) is 8.09. The topological polar surface area (TPSA) is 30.9 Å². The van der Waals surface area contributed by atoms with Crippen molar-refractivity contribution in [1.29, 1.82) is 0 Å². The maximum absolute atomic E-state index is 4.62. The summed E-state index contributed by atoms with van der Waals surface area (Å²) in [7, 11) is 0. The second-order valence-corrected chi connectivity index (χ2v) is 5.63. The number of hydrogen-bond acceptors (Lipinski definition) is 4. The standard InChI is InChI=1S/C13H26N4/c1-10(2)16-7-8-17(11(3)4)12(9-16)13-14-5-6-15-13/h10-12H,5-9H2,1-4H3,(H,14,15)/t12-/m0/s1. The first-order valence-electron chi connectivity index (χ1n) is 6.87. The molecule has 1 fully saturated rings. The summed E-state index contributed by atoms with van der Waals surface area (Å²) in [6.45, 7) is 14.5. The molecule has 17 heavy (non-hydrogen) atoms. The smallest absolute Gasteiger partial charge is 0.115 e. The summed E-state index contributed by atoms with van der Waals surface area (Å²) in [5.74, 6) is 1.21. The Balaban J connectivity index is 2.09. The molecule has 2 aliphatic rings. The van der Waals surface area contributed by atoms with Crippen molar-refractivity contribution in [3.63, 3.8) is 0 Å². The molecule has 4 nitrogen and oxygen atoms in total. The van der Waals surface area contributed by atoms with Crippen LogP contribution in [-0.4, -0.2) is 66.5 Å². The van der Waals surface area contributed by atoms with Crippen LogP contribution in [0.4, 0.5) is 0 Å². The highest BCUT2D eigenvalue weighted by Gasteiger charge is 2.33. The summed E-state index contributed by atoms with van der Waals surface area (Å²) in [4.78, 5) is 9.76. The highest BCUT2D eigenvalue weighted by atomic mass is 15.3. The normalized spacial score (nSPS) is 27.6. The van der Waals surface area contributed by atoms with Crippen molar-refractivity contribution < 1.29 is 0 Å². The third-order valence-corrected chi connectivity index (χ3v) is 3.86. The average molecular weight is 238 g/mol. The fourth-order valence-electron chi connectivity index (χ4n) is 2.79. The molecule has 0 aromatic carbocycles. The minimum Gasteiger partial charge on any atom is -0.371 e. The van der Waals surface area contributed by atoms with Crippen molar-refractivity contribution in [3.8, 4) is 0 Å². The first kappa shape index (κ1) is 12.8. The van der Waals surface area contributed by atoms with Crippen LogP contribution >= 0.6 is 0 Å². The van der Waals surface area contributed by atoms with E-state index in [-0.39, 0.29) is 0 Å². The van der Waals surface area contributed by atoms with E-state index in [1.165, 1.54) is 12.4 Å². The van der Waals surface area contributed by atoms with Crippen molar-refractivity contribution in [2.45, 2.75) is 45.8 Å². The van der Waals surface area contributed by atoms with Crippen LogP contribution in [0.15, 0.2) is 4.99 Å². The second kappa shape index (κ2) is 5.36. The molecule has 2 rings (SSSR count). The number of amidine groups is 1. The molecule has 4 heteroatoms. The average Bonchev–Trinajstić information content (AvgIpc) is 2.81. The predicted octanol–water partition coefficient (Wildman–Crippen LogP) is 0.791. The number of rotatable bonds is 3. The van der Waals surface area contributed by atoms with Crippen LogP contribution in [0, 0.1) is 0 Å². The van der Waals surface area contributed by atoms with E-state index >= 15 is 0 Å². The van der Waals surface area contributed by atoms with E-state index in [9.17, 15) is 0 Å². The molecular formula is C13H26N4. The molecule has 0 bridgehead atoms. The Hall–Kier alpha value is -0.610. The van der Waals surface area contributed by atoms with E-state index < -0.39 is 0 Å². The van der Waals surface area contributed by atoms with Gasteiger partial charge in [-0.1, -0.05) is 0 Å². The SMILES string of the molecule is CC(C)N1CCN(C(C)C)[C@H](C2=NCCN2)C1. The summed E-state index contributed by atoms with van der Waals surface area (Å²) in [6.07, 6.45) is 0. The fourth-order valence-corrected chi connectivity index (χ4v) is 2.79. The summed E-state index contributed by atoms with van der Waals surface area (Å²) >= 11 is 0. The number of nitrogens with zero attached hydrogens (tertiary/aromatic N) is 3. The van der Waals surface area contributed by atoms with Gasteiger partial charge in [-0.3, -0.25) is 14.8 Å². The second-order valence-electron chi connectivity index (χ2n) is 5.63. The molecule has 0 aromatic rings. The molecule has 98 valence electrons. The van der Waals surface area contributed by atoms with E-state index in [0.29, 0.717) is 18.1 Å². The Labute approximate surface area is 105 Å². The quantitative estimate of drug-likeness (QED) is 0.789. The van der Waals surface area contributed by atoms with Crippen molar-refractivity contribution in [2.75, 3.05) is 32.7 Å². The summed E-state index contributed by atoms with van der Waals surface area (Å²) in [6, 6.07) is 1.70. The molecule has 1 atom stereocenters. The molecule has 0 amide bonds. The molecule has 0 radical (unpaired) electrons. The Kier molecular flexibility index (Phi) is 4.05. The minimum absolute atomic E-state index is 0.466. The van der Waals surface area contributed by atoms with Gasteiger partial charge in [0.2, 0.25) is 0 Å². The Morgan fingerprint density at radius 3 is 2.47 bits per heavy atom. The van der Waals surface area contributed by atoms with Crippen molar-refractivity contribution in [2.24, 2.45) is 4.99 Å². The maximum Gasteiger partial charge on any atom is 0.115 e.